The number of hydrogen-bond acceptors (Lipinski definition) is 3. The average Bonchev–Trinajstić information content (AvgIpc) is 2.48. The zero-order valence-electron chi connectivity index (χ0n) is 11.6. The number of anilines is 2. The lowest BCUT2D eigenvalue weighted by molar-refractivity contribution is -0.114. The third-order valence-corrected chi connectivity index (χ3v) is 2.97. The standard InChI is InChI=1S/C16H18N2O2/c1-12-7-3-4-8-13(12)18-16(19)11-17-14-9-5-6-10-15(14)20-2/h3-10,17H,11H2,1-2H3,(H,18,19). The Morgan fingerprint density at radius 1 is 1.05 bits per heavy atom. The number of nitrogens with one attached hydrogen (secondary N) is 2. The summed E-state index contributed by atoms with van der Waals surface area (Å²) in [6.07, 6.45) is 0. The van der Waals surface area contributed by atoms with Crippen LogP contribution in [-0.2, 0) is 4.79 Å². The van der Waals surface area contributed by atoms with E-state index in [2.05, 4.69) is 10.6 Å². The van der Waals surface area contributed by atoms with E-state index in [9.17, 15) is 4.79 Å². The van der Waals surface area contributed by atoms with Gasteiger partial charge in [-0.3, -0.25) is 4.79 Å². The third-order valence-electron chi connectivity index (χ3n) is 2.97. The van der Waals surface area contributed by atoms with Crippen LogP contribution in [0.3, 0.4) is 0 Å². The van der Waals surface area contributed by atoms with Crippen molar-refractivity contribution < 1.29 is 9.53 Å². The summed E-state index contributed by atoms with van der Waals surface area (Å²) in [5.41, 5.74) is 2.67. The van der Waals surface area contributed by atoms with Crippen LogP contribution in [0, 0.1) is 6.92 Å². The first-order valence-electron chi connectivity index (χ1n) is 6.43. The van der Waals surface area contributed by atoms with Gasteiger partial charge in [-0.1, -0.05) is 30.3 Å². The predicted octanol–water partition coefficient (Wildman–Crippen LogP) is 3.05. The normalized spacial score (nSPS) is 9.90. The van der Waals surface area contributed by atoms with Crippen molar-refractivity contribution in [3.8, 4) is 5.75 Å². The van der Waals surface area contributed by atoms with E-state index in [1.165, 1.54) is 0 Å². The van der Waals surface area contributed by atoms with Crippen molar-refractivity contribution >= 4 is 17.3 Å². The van der Waals surface area contributed by atoms with Crippen molar-refractivity contribution in [3.05, 3.63) is 54.1 Å². The van der Waals surface area contributed by atoms with Gasteiger partial charge in [0.1, 0.15) is 5.75 Å². The molecule has 0 aliphatic rings. The maximum atomic E-state index is 11.9. The molecule has 0 saturated heterocycles. The highest BCUT2D eigenvalue weighted by Gasteiger charge is 2.06. The van der Waals surface area contributed by atoms with Crippen molar-refractivity contribution in [1.82, 2.24) is 0 Å². The maximum absolute atomic E-state index is 11.9. The van der Waals surface area contributed by atoms with Crippen molar-refractivity contribution in [1.29, 1.82) is 0 Å². The number of hydrogen-bond donors (Lipinski definition) is 2. The first-order valence-corrected chi connectivity index (χ1v) is 6.43. The van der Waals surface area contributed by atoms with Crippen LogP contribution in [0.5, 0.6) is 5.75 Å². The fraction of sp³-hybridized carbons (Fsp3) is 0.188. The van der Waals surface area contributed by atoms with Gasteiger partial charge in [0.2, 0.25) is 5.91 Å². The molecule has 104 valence electrons. The molecule has 4 nitrogen and oxygen atoms in total. The number of rotatable bonds is 5. The largest absolute Gasteiger partial charge is 0.495 e. The molecule has 4 heteroatoms. The molecule has 0 saturated carbocycles. The number of benzene rings is 2. The van der Waals surface area contributed by atoms with Crippen molar-refractivity contribution in [3.63, 3.8) is 0 Å². The lowest BCUT2D eigenvalue weighted by Crippen LogP contribution is -2.22. The van der Waals surface area contributed by atoms with Crippen LogP contribution < -0.4 is 15.4 Å². The number of aryl methyl sites for hydroxylation is 1. The Labute approximate surface area is 118 Å². The van der Waals surface area contributed by atoms with E-state index in [0.29, 0.717) is 0 Å². The molecule has 0 radical (unpaired) electrons. The van der Waals surface area contributed by atoms with Crippen LogP contribution >= 0.6 is 0 Å². The monoisotopic (exact) mass is 270 g/mol. The van der Waals surface area contributed by atoms with Crippen LogP contribution in [0.15, 0.2) is 48.5 Å². The average molecular weight is 270 g/mol. The summed E-state index contributed by atoms with van der Waals surface area (Å²) < 4.78 is 5.22. The topological polar surface area (TPSA) is 50.4 Å². The molecule has 0 unspecified atom stereocenters. The summed E-state index contributed by atoms with van der Waals surface area (Å²) in [6.45, 7) is 2.15. The van der Waals surface area contributed by atoms with E-state index in [0.717, 1.165) is 22.7 Å². The minimum absolute atomic E-state index is 0.0924. The van der Waals surface area contributed by atoms with Crippen LogP contribution in [0.25, 0.3) is 0 Å². The smallest absolute Gasteiger partial charge is 0.243 e. The molecule has 0 atom stereocenters. The highest BCUT2D eigenvalue weighted by atomic mass is 16.5. The van der Waals surface area contributed by atoms with Gasteiger partial charge < -0.3 is 15.4 Å². The van der Waals surface area contributed by atoms with Gasteiger partial charge in [0.05, 0.1) is 19.3 Å². The molecule has 2 N–H and O–H groups in total. The summed E-state index contributed by atoms with van der Waals surface area (Å²) in [7, 11) is 1.61. The summed E-state index contributed by atoms with van der Waals surface area (Å²) in [5.74, 6) is 0.626. The number of para-hydroxylation sites is 3. The second-order valence-corrected chi connectivity index (χ2v) is 4.42. The molecular formula is C16H18N2O2. The Morgan fingerprint density at radius 3 is 2.40 bits per heavy atom. The second-order valence-electron chi connectivity index (χ2n) is 4.42. The molecule has 0 bridgehead atoms. The van der Waals surface area contributed by atoms with Crippen LogP contribution in [-0.4, -0.2) is 19.6 Å². The van der Waals surface area contributed by atoms with Gasteiger partial charge in [-0.25, -0.2) is 0 Å². The first kappa shape index (κ1) is 13.9. The summed E-state index contributed by atoms with van der Waals surface area (Å²) in [5, 5.41) is 5.94. The quantitative estimate of drug-likeness (QED) is 0.878. The molecule has 0 heterocycles. The van der Waals surface area contributed by atoms with Crippen molar-refractivity contribution in [2.24, 2.45) is 0 Å². The van der Waals surface area contributed by atoms with Gasteiger partial charge in [0.25, 0.3) is 0 Å². The Bertz CT molecular complexity index is 597. The lowest BCUT2D eigenvalue weighted by Gasteiger charge is -2.12. The van der Waals surface area contributed by atoms with E-state index in [1.807, 2.05) is 55.5 Å². The highest BCUT2D eigenvalue weighted by molar-refractivity contribution is 5.94. The van der Waals surface area contributed by atoms with Crippen molar-refractivity contribution in [2.75, 3.05) is 24.3 Å². The lowest BCUT2D eigenvalue weighted by atomic mass is 10.2. The van der Waals surface area contributed by atoms with E-state index in [-0.39, 0.29) is 12.5 Å². The fourth-order valence-electron chi connectivity index (χ4n) is 1.87. The van der Waals surface area contributed by atoms with E-state index >= 15 is 0 Å². The molecule has 2 aromatic rings. The second kappa shape index (κ2) is 6.61. The molecular weight excluding hydrogens is 252 g/mol. The Kier molecular flexibility index (Phi) is 4.60. The Balaban J connectivity index is 1.94. The minimum Gasteiger partial charge on any atom is -0.495 e. The maximum Gasteiger partial charge on any atom is 0.243 e. The zero-order valence-corrected chi connectivity index (χ0v) is 11.6. The highest BCUT2D eigenvalue weighted by Crippen LogP contribution is 2.22. The van der Waals surface area contributed by atoms with Crippen LogP contribution in [0.2, 0.25) is 0 Å². The number of ether oxygens (including phenoxy) is 1. The molecule has 0 spiro atoms. The molecule has 0 aromatic heterocycles. The Morgan fingerprint density at radius 2 is 1.70 bits per heavy atom. The number of amides is 1. The predicted molar refractivity (Wildman–Crippen MR) is 81.3 cm³/mol. The third kappa shape index (κ3) is 3.51. The van der Waals surface area contributed by atoms with Crippen LogP contribution in [0.1, 0.15) is 5.56 Å². The van der Waals surface area contributed by atoms with Gasteiger partial charge in [-0.15, -0.1) is 0 Å². The van der Waals surface area contributed by atoms with Gasteiger partial charge in [-0.2, -0.15) is 0 Å². The summed E-state index contributed by atoms with van der Waals surface area (Å²) >= 11 is 0. The van der Waals surface area contributed by atoms with Gasteiger partial charge in [-0.05, 0) is 30.7 Å². The summed E-state index contributed by atoms with van der Waals surface area (Å²) in [6, 6.07) is 15.2. The van der Waals surface area contributed by atoms with Gasteiger partial charge >= 0.3 is 0 Å². The molecule has 20 heavy (non-hydrogen) atoms. The number of methoxy groups -OCH3 is 1. The first-order chi connectivity index (χ1) is 9.70. The van der Waals surface area contributed by atoms with Crippen LogP contribution in [0.4, 0.5) is 11.4 Å². The Hall–Kier alpha value is -2.49. The summed E-state index contributed by atoms with van der Waals surface area (Å²) in [4.78, 5) is 11.9. The molecule has 0 aliphatic carbocycles. The van der Waals surface area contributed by atoms with Gasteiger partial charge in [0.15, 0.2) is 0 Å². The molecule has 1 amide bonds. The van der Waals surface area contributed by atoms with E-state index in [4.69, 9.17) is 4.74 Å². The van der Waals surface area contributed by atoms with Crippen molar-refractivity contribution in [2.45, 2.75) is 6.92 Å². The zero-order chi connectivity index (χ0) is 14.4. The van der Waals surface area contributed by atoms with E-state index < -0.39 is 0 Å². The fourth-order valence-corrected chi connectivity index (χ4v) is 1.87. The number of carbonyl (C=O) groups excluding carboxylic acids is 1. The molecule has 0 fully saturated rings. The minimum atomic E-state index is -0.0924. The van der Waals surface area contributed by atoms with E-state index in [1.54, 1.807) is 7.11 Å². The van der Waals surface area contributed by atoms with Gasteiger partial charge in [0, 0.05) is 5.69 Å². The molecule has 2 rings (SSSR count). The number of carbonyl (C=O) groups is 1. The molecule has 2 aromatic carbocycles. The SMILES string of the molecule is COc1ccccc1NCC(=O)Nc1ccccc1C. The molecule has 0 aliphatic heterocycles.